The molecule has 0 saturated carbocycles. The van der Waals surface area contributed by atoms with Crippen LogP contribution < -0.4 is 4.74 Å². The van der Waals surface area contributed by atoms with Crippen LogP contribution in [0.4, 0.5) is 4.39 Å². The highest BCUT2D eigenvalue weighted by Crippen LogP contribution is 2.28. The van der Waals surface area contributed by atoms with Crippen molar-refractivity contribution in [2.45, 2.75) is 13.5 Å². The van der Waals surface area contributed by atoms with Gasteiger partial charge in [0.05, 0.1) is 12.8 Å². The maximum Gasteiger partial charge on any atom is 0.224 e. The van der Waals surface area contributed by atoms with E-state index in [1.807, 2.05) is 6.92 Å². The van der Waals surface area contributed by atoms with Crippen LogP contribution in [0.5, 0.6) is 11.6 Å². The molecule has 94 valence electrons. The van der Waals surface area contributed by atoms with E-state index in [1.54, 1.807) is 18.2 Å². The number of aromatic nitrogens is 1. The number of ether oxygens (including phenoxy) is 1. The molecule has 1 heterocycles. The molecule has 2 rings (SSSR count). The van der Waals surface area contributed by atoms with Crippen molar-refractivity contribution in [3.05, 3.63) is 52.4 Å². The Balaban J connectivity index is 2.36. The van der Waals surface area contributed by atoms with E-state index < -0.39 is 5.82 Å². The van der Waals surface area contributed by atoms with Crippen molar-refractivity contribution in [1.82, 2.24) is 4.98 Å². The van der Waals surface area contributed by atoms with Gasteiger partial charge in [0, 0.05) is 10.6 Å². The number of aryl methyl sites for hydroxylation is 1. The molecular formula is C13H11ClFNO2. The lowest BCUT2D eigenvalue weighted by atomic mass is 10.2. The highest BCUT2D eigenvalue weighted by atomic mass is 35.5. The largest absolute Gasteiger partial charge is 0.438 e. The summed E-state index contributed by atoms with van der Waals surface area (Å²) in [5.41, 5.74) is 1.16. The predicted molar refractivity (Wildman–Crippen MR) is 66.4 cm³/mol. The minimum Gasteiger partial charge on any atom is -0.438 e. The Hall–Kier alpha value is -1.65. The average Bonchev–Trinajstić information content (AvgIpc) is 2.36. The van der Waals surface area contributed by atoms with Gasteiger partial charge < -0.3 is 9.84 Å². The number of aliphatic hydroxyl groups is 1. The van der Waals surface area contributed by atoms with Crippen LogP contribution in [0, 0.1) is 12.7 Å². The minimum atomic E-state index is -0.519. The molecule has 0 amide bonds. The van der Waals surface area contributed by atoms with Gasteiger partial charge in [0.25, 0.3) is 0 Å². The third kappa shape index (κ3) is 2.78. The monoisotopic (exact) mass is 267 g/mol. The number of hydrogen-bond donors (Lipinski definition) is 1. The van der Waals surface area contributed by atoms with Gasteiger partial charge >= 0.3 is 0 Å². The molecule has 0 bridgehead atoms. The van der Waals surface area contributed by atoms with Gasteiger partial charge in [-0.2, -0.15) is 0 Å². The van der Waals surface area contributed by atoms with E-state index in [1.165, 1.54) is 6.07 Å². The molecule has 0 unspecified atom stereocenters. The highest BCUT2D eigenvalue weighted by molar-refractivity contribution is 6.30. The van der Waals surface area contributed by atoms with E-state index in [9.17, 15) is 4.39 Å². The molecule has 0 fully saturated rings. The van der Waals surface area contributed by atoms with Crippen molar-refractivity contribution in [2.24, 2.45) is 0 Å². The van der Waals surface area contributed by atoms with Crippen LogP contribution in [0.3, 0.4) is 0 Å². The van der Waals surface area contributed by atoms with Gasteiger partial charge in [0.1, 0.15) is 11.6 Å². The highest BCUT2D eigenvalue weighted by Gasteiger charge is 2.09. The fourth-order valence-corrected chi connectivity index (χ4v) is 1.62. The summed E-state index contributed by atoms with van der Waals surface area (Å²) in [5, 5.41) is 9.66. The van der Waals surface area contributed by atoms with E-state index in [2.05, 4.69) is 4.98 Å². The Morgan fingerprint density at radius 2 is 2.17 bits per heavy atom. The van der Waals surface area contributed by atoms with Crippen molar-refractivity contribution in [2.75, 3.05) is 0 Å². The Kier molecular flexibility index (Phi) is 3.79. The van der Waals surface area contributed by atoms with Gasteiger partial charge in [-0.1, -0.05) is 17.7 Å². The normalized spacial score (nSPS) is 10.4. The van der Waals surface area contributed by atoms with Crippen LogP contribution in [0.25, 0.3) is 0 Å². The van der Waals surface area contributed by atoms with E-state index in [0.29, 0.717) is 10.8 Å². The summed E-state index contributed by atoms with van der Waals surface area (Å²) in [4.78, 5) is 3.81. The van der Waals surface area contributed by atoms with Crippen LogP contribution in [0.2, 0.25) is 5.02 Å². The summed E-state index contributed by atoms with van der Waals surface area (Å²) in [7, 11) is 0. The molecule has 0 spiro atoms. The standard InChI is InChI=1S/C13H11ClFNO2/c1-8-2-3-10(14)5-12(8)18-13-9(7-17)4-11(15)6-16-13/h2-6,17H,7H2,1H3. The SMILES string of the molecule is Cc1ccc(Cl)cc1Oc1ncc(F)cc1CO. The second kappa shape index (κ2) is 5.33. The van der Waals surface area contributed by atoms with Crippen LogP contribution >= 0.6 is 11.6 Å². The van der Waals surface area contributed by atoms with Crippen LogP contribution in [0.15, 0.2) is 30.5 Å². The molecule has 1 aromatic heterocycles. The molecule has 0 aliphatic heterocycles. The Labute approximate surface area is 109 Å². The third-order valence-corrected chi connectivity index (χ3v) is 2.65. The van der Waals surface area contributed by atoms with E-state index in [0.717, 1.165) is 11.8 Å². The summed E-state index contributed by atoms with van der Waals surface area (Å²) < 4.78 is 18.5. The average molecular weight is 268 g/mol. The first-order chi connectivity index (χ1) is 8.60. The number of nitrogens with zero attached hydrogens (tertiary/aromatic N) is 1. The third-order valence-electron chi connectivity index (χ3n) is 2.42. The lowest BCUT2D eigenvalue weighted by Crippen LogP contribution is -1.97. The van der Waals surface area contributed by atoms with Crippen molar-refractivity contribution in [1.29, 1.82) is 0 Å². The van der Waals surface area contributed by atoms with Gasteiger partial charge in [0.2, 0.25) is 5.88 Å². The quantitative estimate of drug-likeness (QED) is 0.926. The molecule has 0 aliphatic rings. The lowest BCUT2D eigenvalue weighted by Gasteiger charge is -2.10. The molecule has 5 heteroatoms. The molecular weight excluding hydrogens is 257 g/mol. The van der Waals surface area contributed by atoms with E-state index >= 15 is 0 Å². The van der Waals surface area contributed by atoms with Gasteiger partial charge in [-0.25, -0.2) is 9.37 Å². The van der Waals surface area contributed by atoms with Crippen molar-refractivity contribution >= 4 is 11.6 Å². The number of pyridine rings is 1. The number of hydrogen-bond acceptors (Lipinski definition) is 3. The first kappa shape index (κ1) is 12.8. The van der Waals surface area contributed by atoms with Crippen LogP contribution in [-0.4, -0.2) is 10.1 Å². The summed E-state index contributed by atoms with van der Waals surface area (Å²) in [6, 6.07) is 6.37. The maximum atomic E-state index is 13.0. The topological polar surface area (TPSA) is 42.4 Å². The predicted octanol–water partition coefficient (Wildman–Crippen LogP) is 3.47. The van der Waals surface area contributed by atoms with Crippen molar-refractivity contribution in [3.8, 4) is 11.6 Å². The van der Waals surface area contributed by atoms with E-state index in [4.69, 9.17) is 21.4 Å². The Morgan fingerprint density at radius 1 is 1.39 bits per heavy atom. The smallest absolute Gasteiger partial charge is 0.224 e. The first-order valence-electron chi connectivity index (χ1n) is 5.29. The summed E-state index contributed by atoms with van der Waals surface area (Å²) in [5.74, 6) is 0.176. The summed E-state index contributed by atoms with van der Waals surface area (Å²) >= 11 is 5.87. The molecule has 18 heavy (non-hydrogen) atoms. The number of halogens is 2. The van der Waals surface area contributed by atoms with Gasteiger partial charge in [0.15, 0.2) is 0 Å². The summed E-state index contributed by atoms with van der Waals surface area (Å²) in [6.45, 7) is 1.51. The number of rotatable bonds is 3. The zero-order chi connectivity index (χ0) is 13.1. The molecule has 1 aromatic carbocycles. The molecule has 3 nitrogen and oxygen atoms in total. The fraction of sp³-hybridized carbons (Fsp3) is 0.154. The van der Waals surface area contributed by atoms with Gasteiger partial charge in [-0.3, -0.25) is 0 Å². The molecule has 0 saturated heterocycles. The molecule has 0 radical (unpaired) electrons. The zero-order valence-electron chi connectivity index (χ0n) is 9.65. The lowest BCUT2D eigenvalue weighted by molar-refractivity contribution is 0.274. The molecule has 2 aromatic rings. The molecule has 0 atom stereocenters. The van der Waals surface area contributed by atoms with Crippen LogP contribution in [-0.2, 0) is 6.61 Å². The van der Waals surface area contributed by atoms with Gasteiger partial charge in [-0.05, 0) is 30.7 Å². The van der Waals surface area contributed by atoms with Crippen molar-refractivity contribution < 1.29 is 14.2 Å². The van der Waals surface area contributed by atoms with Gasteiger partial charge in [-0.15, -0.1) is 0 Å². The minimum absolute atomic E-state index is 0.171. The summed E-state index contributed by atoms with van der Waals surface area (Å²) in [6.07, 6.45) is 1.04. The zero-order valence-corrected chi connectivity index (χ0v) is 10.4. The molecule has 0 aliphatic carbocycles. The maximum absolute atomic E-state index is 13.0. The Morgan fingerprint density at radius 3 is 2.89 bits per heavy atom. The number of aliphatic hydroxyl groups excluding tert-OH is 1. The second-order valence-electron chi connectivity index (χ2n) is 3.79. The molecule has 1 N–H and O–H groups in total. The second-order valence-corrected chi connectivity index (χ2v) is 4.22. The van der Waals surface area contributed by atoms with Crippen LogP contribution in [0.1, 0.15) is 11.1 Å². The number of benzene rings is 1. The fourth-order valence-electron chi connectivity index (χ4n) is 1.46. The first-order valence-corrected chi connectivity index (χ1v) is 5.67. The Bertz CT molecular complexity index is 575. The van der Waals surface area contributed by atoms with Crippen molar-refractivity contribution in [3.63, 3.8) is 0 Å². The van der Waals surface area contributed by atoms with E-state index in [-0.39, 0.29) is 18.1 Å².